The van der Waals surface area contributed by atoms with Crippen LogP contribution in [0.5, 0.6) is 0 Å². The van der Waals surface area contributed by atoms with Crippen molar-refractivity contribution >= 4 is 17.6 Å². The Kier molecular flexibility index (Phi) is 4.71. The third-order valence-electron chi connectivity index (χ3n) is 2.12. The van der Waals surface area contributed by atoms with E-state index in [9.17, 15) is 9.18 Å². The van der Waals surface area contributed by atoms with E-state index in [1.807, 2.05) is 0 Å². The van der Waals surface area contributed by atoms with E-state index < -0.39 is 11.8 Å². The van der Waals surface area contributed by atoms with Crippen molar-refractivity contribution in [2.24, 2.45) is 0 Å². The number of carbonyl (C=O) groups is 1. The highest BCUT2D eigenvalue weighted by Gasteiger charge is 2.10. The summed E-state index contributed by atoms with van der Waals surface area (Å²) in [5.74, 6) is -1.38. The molecule has 0 bridgehead atoms. The Balaban J connectivity index is 2.86. The van der Waals surface area contributed by atoms with Crippen molar-refractivity contribution in [3.8, 4) is 0 Å². The Morgan fingerprint density at radius 2 is 2.25 bits per heavy atom. The maximum absolute atomic E-state index is 13.5. The van der Waals surface area contributed by atoms with Gasteiger partial charge in [0.15, 0.2) is 0 Å². The molecule has 88 valence electrons. The van der Waals surface area contributed by atoms with E-state index in [-0.39, 0.29) is 24.5 Å². The molecule has 0 atom stereocenters. The first-order valence-electron chi connectivity index (χ1n) is 4.72. The molecule has 0 aliphatic rings. The van der Waals surface area contributed by atoms with Gasteiger partial charge in [-0.1, -0.05) is 11.6 Å². The van der Waals surface area contributed by atoms with Gasteiger partial charge in [-0.2, -0.15) is 0 Å². The molecule has 1 aromatic rings. The van der Waals surface area contributed by atoms with Gasteiger partial charge in [-0.05, 0) is 24.1 Å². The average molecular weight is 247 g/mol. The number of benzene rings is 1. The van der Waals surface area contributed by atoms with Gasteiger partial charge in [0.25, 0.3) is 0 Å². The summed E-state index contributed by atoms with van der Waals surface area (Å²) in [6, 6.07) is 2.87. The maximum Gasteiger partial charge on any atom is 0.303 e. The topological polar surface area (TPSA) is 46.5 Å². The van der Waals surface area contributed by atoms with Crippen molar-refractivity contribution in [1.29, 1.82) is 0 Å². The van der Waals surface area contributed by atoms with Crippen LogP contribution in [0.4, 0.5) is 4.39 Å². The molecule has 0 aromatic heterocycles. The number of methoxy groups -OCH3 is 1. The molecule has 1 N–H and O–H groups in total. The Morgan fingerprint density at radius 3 is 2.75 bits per heavy atom. The SMILES string of the molecule is COCc1c(F)cc(CCC(=O)O)cc1Cl. The first-order valence-corrected chi connectivity index (χ1v) is 5.10. The summed E-state index contributed by atoms with van der Waals surface area (Å²) in [5.41, 5.74) is 0.869. The molecule has 16 heavy (non-hydrogen) atoms. The number of halogens is 2. The van der Waals surface area contributed by atoms with Gasteiger partial charge in [-0.15, -0.1) is 0 Å². The quantitative estimate of drug-likeness (QED) is 0.869. The van der Waals surface area contributed by atoms with Gasteiger partial charge in [-0.3, -0.25) is 4.79 Å². The summed E-state index contributed by atoms with van der Waals surface area (Å²) < 4.78 is 18.3. The highest BCUT2D eigenvalue weighted by Crippen LogP contribution is 2.23. The second kappa shape index (κ2) is 5.82. The summed E-state index contributed by atoms with van der Waals surface area (Å²) in [5, 5.41) is 8.77. The Bertz CT molecular complexity index is 370. The molecule has 1 aromatic carbocycles. The van der Waals surface area contributed by atoms with Gasteiger partial charge < -0.3 is 9.84 Å². The molecule has 0 radical (unpaired) electrons. The molecule has 0 amide bonds. The fourth-order valence-electron chi connectivity index (χ4n) is 1.33. The summed E-state index contributed by atoms with van der Waals surface area (Å²) in [7, 11) is 1.45. The number of hydrogen-bond donors (Lipinski definition) is 1. The van der Waals surface area contributed by atoms with E-state index in [4.69, 9.17) is 21.4 Å². The summed E-state index contributed by atoms with van der Waals surface area (Å²) in [6.45, 7) is 0.101. The lowest BCUT2D eigenvalue weighted by Crippen LogP contribution is -2.00. The first-order chi connectivity index (χ1) is 7.54. The number of hydrogen-bond acceptors (Lipinski definition) is 2. The molecule has 5 heteroatoms. The Morgan fingerprint density at radius 1 is 1.56 bits per heavy atom. The lowest BCUT2D eigenvalue weighted by atomic mass is 10.1. The van der Waals surface area contributed by atoms with Crippen LogP contribution < -0.4 is 0 Å². The predicted molar refractivity (Wildman–Crippen MR) is 58.1 cm³/mol. The normalized spacial score (nSPS) is 10.4. The van der Waals surface area contributed by atoms with Gasteiger partial charge >= 0.3 is 5.97 Å². The first kappa shape index (κ1) is 12.9. The van der Waals surface area contributed by atoms with Gasteiger partial charge in [0.2, 0.25) is 0 Å². The van der Waals surface area contributed by atoms with Crippen LogP contribution in [0.2, 0.25) is 5.02 Å². The number of rotatable bonds is 5. The van der Waals surface area contributed by atoms with Crippen molar-refractivity contribution in [2.75, 3.05) is 7.11 Å². The van der Waals surface area contributed by atoms with Gasteiger partial charge in [0, 0.05) is 24.1 Å². The van der Waals surface area contributed by atoms with Gasteiger partial charge in [0.05, 0.1) is 6.61 Å². The molecule has 0 aliphatic heterocycles. The van der Waals surface area contributed by atoms with Crippen LogP contribution in [0.15, 0.2) is 12.1 Å². The summed E-state index contributed by atoms with van der Waals surface area (Å²) in [4.78, 5) is 10.4. The van der Waals surface area contributed by atoms with E-state index in [0.29, 0.717) is 11.1 Å². The molecule has 3 nitrogen and oxygen atoms in total. The smallest absolute Gasteiger partial charge is 0.303 e. The zero-order valence-electron chi connectivity index (χ0n) is 8.80. The molecular formula is C11H12ClFO3. The van der Waals surface area contributed by atoms with Crippen LogP contribution in [0.3, 0.4) is 0 Å². The fourth-order valence-corrected chi connectivity index (χ4v) is 1.62. The molecule has 0 fully saturated rings. The fraction of sp³-hybridized carbons (Fsp3) is 0.364. The van der Waals surface area contributed by atoms with Crippen LogP contribution in [-0.4, -0.2) is 18.2 Å². The average Bonchev–Trinajstić information content (AvgIpc) is 2.20. The Hall–Kier alpha value is -1.13. The molecule has 1 rings (SSSR count). The van der Waals surface area contributed by atoms with Gasteiger partial charge in [-0.25, -0.2) is 4.39 Å². The van der Waals surface area contributed by atoms with Crippen molar-refractivity contribution < 1.29 is 19.0 Å². The molecule has 0 heterocycles. The van der Waals surface area contributed by atoms with Crippen LogP contribution in [0.25, 0.3) is 0 Å². The minimum atomic E-state index is -0.919. The largest absolute Gasteiger partial charge is 0.481 e. The summed E-state index contributed by atoms with van der Waals surface area (Å²) in [6.07, 6.45) is 0.221. The zero-order valence-corrected chi connectivity index (χ0v) is 9.55. The zero-order chi connectivity index (χ0) is 12.1. The van der Waals surface area contributed by atoms with Crippen molar-refractivity contribution in [3.05, 3.63) is 34.1 Å². The molecule has 0 spiro atoms. The number of carboxylic acid groups (broad SMARTS) is 1. The standard InChI is InChI=1S/C11H12ClFO3/c1-16-6-8-9(12)4-7(5-10(8)13)2-3-11(14)15/h4-5H,2-3,6H2,1H3,(H,14,15). The molecule has 0 unspecified atom stereocenters. The molecular weight excluding hydrogens is 235 g/mol. The van der Waals surface area contributed by atoms with Crippen molar-refractivity contribution in [2.45, 2.75) is 19.4 Å². The Labute approximate surface area is 97.8 Å². The second-order valence-electron chi connectivity index (χ2n) is 3.36. The predicted octanol–water partition coefficient (Wildman–Crippen LogP) is 2.64. The van der Waals surface area contributed by atoms with E-state index in [1.54, 1.807) is 6.07 Å². The molecule has 0 aliphatic carbocycles. The minimum Gasteiger partial charge on any atom is -0.481 e. The second-order valence-corrected chi connectivity index (χ2v) is 3.77. The number of aryl methyl sites for hydroxylation is 1. The highest BCUT2D eigenvalue weighted by atomic mass is 35.5. The lowest BCUT2D eigenvalue weighted by Gasteiger charge is -2.07. The van der Waals surface area contributed by atoms with Crippen LogP contribution in [0, 0.1) is 5.82 Å². The molecule has 0 saturated heterocycles. The van der Waals surface area contributed by atoms with E-state index >= 15 is 0 Å². The molecule has 0 saturated carbocycles. The van der Waals surface area contributed by atoms with Crippen LogP contribution in [0.1, 0.15) is 17.5 Å². The maximum atomic E-state index is 13.5. The summed E-state index contributed by atoms with van der Waals surface area (Å²) >= 11 is 5.86. The van der Waals surface area contributed by atoms with E-state index in [1.165, 1.54) is 13.2 Å². The number of aliphatic carboxylic acids is 1. The number of carboxylic acids is 1. The lowest BCUT2D eigenvalue weighted by molar-refractivity contribution is -0.136. The number of ether oxygens (including phenoxy) is 1. The van der Waals surface area contributed by atoms with Crippen molar-refractivity contribution in [3.63, 3.8) is 0 Å². The van der Waals surface area contributed by atoms with E-state index in [0.717, 1.165) is 0 Å². The minimum absolute atomic E-state index is 0.0423. The van der Waals surface area contributed by atoms with Crippen LogP contribution in [-0.2, 0) is 22.6 Å². The third-order valence-corrected chi connectivity index (χ3v) is 2.45. The monoisotopic (exact) mass is 246 g/mol. The van der Waals surface area contributed by atoms with Crippen molar-refractivity contribution in [1.82, 2.24) is 0 Å². The van der Waals surface area contributed by atoms with E-state index in [2.05, 4.69) is 0 Å². The van der Waals surface area contributed by atoms with Gasteiger partial charge in [0.1, 0.15) is 5.82 Å². The third kappa shape index (κ3) is 3.47. The van der Waals surface area contributed by atoms with Crippen LogP contribution >= 0.6 is 11.6 Å². The highest BCUT2D eigenvalue weighted by molar-refractivity contribution is 6.31.